The standard InChI is InChI=1S/C13H8BrClN2/c14-11-6-13(17-8-11)5-10(7-16)9-1-3-12(15)4-2-9/h1-6,8,17H/b10-5+. The van der Waals surface area contributed by atoms with Gasteiger partial charge in [0.05, 0.1) is 11.6 Å². The molecule has 0 bridgehead atoms. The summed E-state index contributed by atoms with van der Waals surface area (Å²) in [4.78, 5) is 3.05. The predicted molar refractivity (Wildman–Crippen MR) is 73.4 cm³/mol. The first-order valence-electron chi connectivity index (χ1n) is 4.90. The molecule has 0 aliphatic rings. The summed E-state index contributed by atoms with van der Waals surface area (Å²) in [5, 5.41) is 9.80. The van der Waals surface area contributed by atoms with E-state index in [-0.39, 0.29) is 0 Å². The molecule has 0 aliphatic heterocycles. The second-order valence-corrected chi connectivity index (χ2v) is 4.80. The number of nitrogens with one attached hydrogen (secondary N) is 1. The Balaban J connectivity index is 2.37. The molecule has 0 saturated heterocycles. The quantitative estimate of drug-likeness (QED) is 0.816. The summed E-state index contributed by atoms with van der Waals surface area (Å²) in [6.45, 7) is 0. The Hall–Kier alpha value is -1.50. The molecule has 1 heterocycles. The van der Waals surface area contributed by atoms with Crippen molar-refractivity contribution in [3.8, 4) is 6.07 Å². The number of hydrogen-bond donors (Lipinski definition) is 1. The number of rotatable bonds is 2. The number of aromatic amines is 1. The van der Waals surface area contributed by atoms with Gasteiger partial charge in [-0.15, -0.1) is 0 Å². The molecule has 84 valence electrons. The lowest BCUT2D eigenvalue weighted by Gasteiger charge is -1.98. The minimum atomic E-state index is 0.594. The van der Waals surface area contributed by atoms with E-state index >= 15 is 0 Å². The first-order valence-corrected chi connectivity index (χ1v) is 6.08. The van der Waals surface area contributed by atoms with Crippen molar-refractivity contribution in [3.05, 3.63) is 57.3 Å². The molecule has 1 aromatic carbocycles. The maximum Gasteiger partial charge on any atom is 0.0998 e. The number of aromatic nitrogens is 1. The van der Waals surface area contributed by atoms with Crippen LogP contribution in [0.3, 0.4) is 0 Å². The highest BCUT2D eigenvalue weighted by atomic mass is 79.9. The van der Waals surface area contributed by atoms with Gasteiger partial charge in [-0.05, 0) is 45.8 Å². The normalized spacial score (nSPS) is 11.2. The number of hydrogen-bond acceptors (Lipinski definition) is 1. The third kappa shape index (κ3) is 3.00. The lowest BCUT2D eigenvalue weighted by molar-refractivity contribution is 1.37. The van der Waals surface area contributed by atoms with Crippen LogP contribution in [0, 0.1) is 11.3 Å². The summed E-state index contributed by atoms with van der Waals surface area (Å²) < 4.78 is 0.956. The van der Waals surface area contributed by atoms with Gasteiger partial charge in [-0.1, -0.05) is 23.7 Å². The fourth-order valence-electron chi connectivity index (χ4n) is 1.43. The van der Waals surface area contributed by atoms with Crippen LogP contribution in [-0.4, -0.2) is 4.98 Å². The Bertz CT molecular complexity index is 591. The number of allylic oxidation sites excluding steroid dienone is 1. The molecule has 0 spiro atoms. The second-order valence-electron chi connectivity index (χ2n) is 3.45. The number of halogens is 2. The second kappa shape index (κ2) is 5.22. The van der Waals surface area contributed by atoms with Crippen molar-refractivity contribution in [1.29, 1.82) is 5.26 Å². The summed E-state index contributed by atoms with van der Waals surface area (Å²) in [5.74, 6) is 0. The molecular formula is C13H8BrClN2. The molecule has 0 amide bonds. The van der Waals surface area contributed by atoms with Crippen molar-refractivity contribution in [2.45, 2.75) is 0 Å². The average molecular weight is 308 g/mol. The molecule has 17 heavy (non-hydrogen) atoms. The molecule has 2 nitrogen and oxygen atoms in total. The minimum Gasteiger partial charge on any atom is -0.361 e. The van der Waals surface area contributed by atoms with E-state index in [0.717, 1.165) is 15.7 Å². The van der Waals surface area contributed by atoms with Gasteiger partial charge >= 0.3 is 0 Å². The summed E-state index contributed by atoms with van der Waals surface area (Å²) in [6.07, 6.45) is 3.62. The van der Waals surface area contributed by atoms with Crippen LogP contribution in [0.1, 0.15) is 11.3 Å². The maximum atomic E-state index is 9.14. The Labute approximate surface area is 113 Å². The van der Waals surface area contributed by atoms with E-state index in [1.807, 2.05) is 24.4 Å². The van der Waals surface area contributed by atoms with Crippen LogP contribution >= 0.6 is 27.5 Å². The fraction of sp³-hybridized carbons (Fsp3) is 0. The van der Waals surface area contributed by atoms with Gasteiger partial charge in [0.15, 0.2) is 0 Å². The lowest BCUT2D eigenvalue weighted by atomic mass is 10.1. The molecule has 1 aromatic heterocycles. The van der Waals surface area contributed by atoms with E-state index in [4.69, 9.17) is 16.9 Å². The van der Waals surface area contributed by atoms with Gasteiger partial charge in [-0.25, -0.2) is 0 Å². The monoisotopic (exact) mass is 306 g/mol. The molecule has 2 aromatic rings. The minimum absolute atomic E-state index is 0.594. The van der Waals surface area contributed by atoms with Crippen molar-refractivity contribution in [2.75, 3.05) is 0 Å². The zero-order valence-electron chi connectivity index (χ0n) is 8.74. The molecule has 2 rings (SSSR count). The number of H-pyrrole nitrogens is 1. The van der Waals surface area contributed by atoms with E-state index in [9.17, 15) is 0 Å². The zero-order valence-corrected chi connectivity index (χ0v) is 11.1. The molecule has 0 saturated carbocycles. The lowest BCUT2D eigenvalue weighted by Crippen LogP contribution is -1.81. The van der Waals surface area contributed by atoms with Gasteiger partial charge in [0, 0.05) is 21.4 Å². The van der Waals surface area contributed by atoms with Gasteiger partial charge in [0.2, 0.25) is 0 Å². The Kier molecular flexibility index (Phi) is 3.68. The van der Waals surface area contributed by atoms with E-state index in [1.54, 1.807) is 18.2 Å². The van der Waals surface area contributed by atoms with E-state index in [2.05, 4.69) is 27.0 Å². The SMILES string of the molecule is N#C/C(=C\c1cc(Br)c[nH]1)c1ccc(Cl)cc1. The molecular weight excluding hydrogens is 300 g/mol. The van der Waals surface area contributed by atoms with Crippen molar-refractivity contribution in [2.24, 2.45) is 0 Å². The summed E-state index contributed by atoms with van der Waals surface area (Å²) in [7, 11) is 0. The van der Waals surface area contributed by atoms with Crippen LogP contribution in [0.15, 0.2) is 41.0 Å². The third-order valence-electron chi connectivity index (χ3n) is 2.25. The van der Waals surface area contributed by atoms with Crippen LogP contribution in [0.2, 0.25) is 5.02 Å². The average Bonchev–Trinajstić information content (AvgIpc) is 2.73. The van der Waals surface area contributed by atoms with Gasteiger partial charge in [0.1, 0.15) is 0 Å². The van der Waals surface area contributed by atoms with Gasteiger partial charge < -0.3 is 4.98 Å². The van der Waals surface area contributed by atoms with Crippen molar-refractivity contribution in [3.63, 3.8) is 0 Å². The highest BCUT2D eigenvalue weighted by Crippen LogP contribution is 2.20. The number of benzene rings is 1. The Morgan fingerprint density at radius 2 is 2.06 bits per heavy atom. The number of nitriles is 1. The first-order chi connectivity index (χ1) is 8.19. The molecule has 0 unspecified atom stereocenters. The summed E-state index contributed by atoms with van der Waals surface area (Å²) in [5.41, 5.74) is 2.32. The van der Waals surface area contributed by atoms with Crippen molar-refractivity contribution in [1.82, 2.24) is 4.98 Å². The van der Waals surface area contributed by atoms with E-state index in [1.165, 1.54) is 0 Å². The van der Waals surface area contributed by atoms with Crippen LogP contribution in [0.5, 0.6) is 0 Å². The molecule has 0 atom stereocenters. The van der Waals surface area contributed by atoms with Crippen molar-refractivity contribution < 1.29 is 0 Å². The first kappa shape index (κ1) is 12.0. The van der Waals surface area contributed by atoms with Crippen LogP contribution in [-0.2, 0) is 0 Å². The smallest absolute Gasteiger partial charge is 0.0998 e. The third-order valence-corrected chi connectivity index (χ3v) is 2.96. The molecule has 0 radical (unpaired) electrons. The molecule has 4 heteroatoms. The van der Waals surface area contributed by atoms with Crippen molar-refractivity contribution >= 4 is 39.2 Å². The Morgan fingerprint density at radius 1 is 1.35 bits per heavy atom. The molecule has 0 aliphatic carbocycles. The van der Waals surface area contributed by atoms with Crippen LogP contribution in [0.25, 0.3) is 11.6 Å². The highest BCUT2D eigenvalue weighted by molar-refractivity contribution is 9.10. The number of nitrogens with zero attached hydrogens (tertiary/aromatic N) is 1. The van der Waals surface area contributed by atoms with E-state index in [0.29, 0.717) is 10.6 Å². The Morgan fingerprint density at radius 3 is 2.59 bits per heavy atom. The molecule has 1 N–H and O–H groups in total. The van der Waals surface area contributed by atoms with Gasteiger partial charge in [-0.2, -0.15) is 5.26 Å². The van der Waals surface area contributed by atoms with E-state index < -0.39 is 0 Å². The molecule has 0 fully saturated rings. The van der Waals surface area contributed by atoms with Gasteiger partial charge in [0.25, 0.3) is 0 Å². The van der Waals surface area contributed by atoms with Gasteiger partial charge in [-0.3, -0.25) is 0 Å². The van der Waals surface area contributed by atoms with Crippen LogP contribution in [0.4, 0.5) is 0 Å². The fourth-order valence-corrected chi connectivity index (χ4v) is 1.92. The largest absolute Gasteiger partial charge is 0.361 e. The zero-order chi connectivity index (χ0) is 12.3. The van der Waals surface area contributed by atoms with Crippen LogP contribution < -0.4 is 0 Å². The summed E-state index contributed by atoms with van der Waals surface area (Å²) >= 11 is 9.16. The topological polar surface area (TPSA) is 39.6 Å². The maximum absolute atomic E-state index is 9.14. The highest BCUT2D eigenvalue weighted by Gasteiger charge is 2.02. The predicted octanol–water partition coefficient (Wildman–Crippen LogP) is 4.49. The summed E-state index contributed by atoms with van der Waals surface area (Å²) in [6, 6.07) is 11.3.